The molecule has 0 aromatic heterocycles. The molecule has 0 radical (unpaired) electrons. The number of nitrogens with one attached hydrogen (secondary N) is 1. The maximum atomic E-state index is 13.1. The van der Waals surface area contributed by atoms with E-state index in [1.165, 1.54) is 0 Å². The summed E-state index contributed by atoms with van der Waals surface area (Å²) in [5.41, 5.74) is 1.01. The Morgan fingerprint density at radius 3 is 2.47 bits per heavy atom. The Hall–Kier alpha value is -2.74. The summed E-state index contributed by atoms with van der Waals surface area (Å²) in [5.74, 6) is -2.09. The highest BCUT2D eigenvalue weighted by Gasteiger charge is 2.48. The second-order valence-corrected chi connectivity index (χ2v) is 9.01. The van der Waals surface area contributed by atoms with Crippen molar-refractivity contribution in [3.8, 4) is 5.75 Å². The van der Waals surface area contributed by atoms with E-state index in [0.717, 1.165) is 10.5 Å². The number of ether oxygens (including phenoxy) is 1. The summed E-state index contributed by atoms with van der Waals surface area (Å²) >= 11 is 6.19. The first-order valence-electron chi connectivity index (χ1n) is 10.1. The largest absolute Gasteiger partial charge is 0.489 e. The third kappa shape index (κ3) is 5.01. The molecule has 3 rings (SSSR count). The van der Waals surface area contributed by atoms with Gasteiger partial charge in [-0.3, -0.25) is 9.59 Å². The predicted octanol–water partition coefficient (Wildman–Crippen LogP) is 5.61. The summed E-state index contributed by atoms with van der Waals surface area (Å²) < 4.78 is 44.9. The number of hydrogen-bond acceptors (Lipinski definition) is 3. The van der Waals surface area contributed by atoms with Crippen molar-refractivity contribution in [3.05, 3.63) is 58.1 Å². The van der Waals surface area contributed by atoms with Gasteiger partial charge in [0.1, 0.15) is 0 Å². The maximum Gasteiger partial charge on any atom is 0.471 e. The minimum absolute atomic E-state index is 0.203. The van der Waals surface area contributed by atoms with Gasteiger partial charge in [-0.25, -0.2) is 0 Å². The van der Waals surface area contributed by atoms with Gasteiger partial charge in [-0.1, -0.05) is 23.7 Å². The fourth-order valence-corrected chi connectivity index (χ4v) is 3.93. The van der Waals surface area contributed by atoms with Crippen LogP contribution in [0, 0.1) is 0 Å². The van der Waals surface area contributed by atoms with E-state index in [-0.39, 0.29) is 30.4 Å². The molecule has 1 N–H and O–H groups in total. The van der Waals surface area contributed by atoms with Crippen molar-refractivity contribution < 1.29 is 27.5 Å². The second kappa shape index (κ2) is 8.65. The van der Waals surface area contributed by atoms with Gasteiger partial charge in [-0.2, -0.15) is 13.2 Å². The lowest BCUT2D eigenvalue weighted by atomic mass is 9.85. The van der Waals surface area contributed by atoms with Crippen LogP contribution in [0.5, 0.6) is 5.75 Å². The summed E-state index contributed by atoms with van der Waals surface area (Å²) in [5, 5.41) is 3.03. The van der Waals surface area contributed by atoms with Crippen LogP contribution in [-0.4, -0.2) is 34.5 Å². The van der Waals surface area contributed by atoms with Gasteiger partial charge in [0.05, 0.1) is 16.7 Å². The molecule has 0 aliphatic carbocycles. The lowest BCUT2D eigenvalue weighted by Gasteiger charge is -2.43. The number of carbonyl (C=O) groups is 2. The molecule has 2 aromatic rings. The van der Waals surface area contributed by atoms with Crippen LogP contribution < -0.4 is 10.1 Å². The zero-order valence-corrected chi connectivity index (χ0v) is 18.9. The normalized spacial score (nSPS) is 15.3. The smallest absolute Gasteiger partial charge is 0.471 e. The van der Waals surface area contributed by atoms with Crippen LogP contribution in [0.4, 0.5) is 18.9 Å². The molecule has 2 aromatic carbocycles. The van der Waals surface area contributed by atoms with E-state index in [1.54, 1.807) is 50.2 Å². The van der Waals surface area contributed by atoms with Crippen molar-refractivity contribution in [2.24, 2.45) is 0 Å². The van der Waals surface area contributed by atoms with Gasteiger partial charge in [0.15, 0.2) is 5.75 Å². The Morgan fingerprint density at radius 2 is 1.84 bits per heavy atom. The number of benzene rings is 2. The number of amides is 2. The first-order valence-corrected chi connectivity index (χ1v) is 10.4. The predicted molar refractivity (Wildman–Crippen MR) is 116 cm³/mol. The van der Waals surface area contributed by atoms with Crippen molar-refractivity contribution in [1.82, 2.24) is 4.90 Å². The van der Waals surface area contributed by atoms with Gasteiger partial charge in [0.25, 0.3) is 5.91 Å². The number of alkyl halides is 3. The molecule has 32 heavy (non-hydrogen) atoms. The molecule has 2 amide bonds. The quantitative estimate of drug-likeness (QED) is 0.635. The summed E-state index contributed by atoms with van der Waals surface area (Å²) in [6, 6.07) is 9.84. The Kier molecular flexibility index (Phi) is 6.47. The minimum atomic E-state index is -4.96. The molecule has 1 heterocycles. The summed E-state index contributed by atoms with van der Waals surface area (Å²) in [6.07, 6.45) is -4.90. The van der Waals surface area contributed by atoms with E-state index >= 15 is 0 Å². The number of hydrogen-bond donors (Lipinski definition) is 1. The standard InChI is InChI=1S/C23H24ClF3N2O3/c1-13(2)32-19-17(6-5-7-18(19)24)20(30)28-16-9-8-14-11-22(3,4)29(12-15(14)10-16)21(31)23(25,26)27/h5-10,13H,11-12H2,1-4H3,(H,28,30). The lowest BCUT2D eigenvalue weighted by molar-refractivity contribution is -0.192. The number of fused-ring (bicyclic) bond motifs is 1. The number of rotatable bonds is 4. The van der Waals surface area contributed by atoms with Gasteiger partial charge in [0, 0.05) is 17.8 Å². The molecule has 172 valence electrons. The van der Waals surface area contributed by atoms with Crippen LogP contribution in [0.2, 0.25) is 5.02 Å². The van der Waals surface area contributed by atoms with Crippen molar-refractivity contribution >= 4 is 29.1 Å². The zero-order valence-electron chi connectivity index (χ0n) is 18.1. The Balaban J connectivity index is 1.87. The van der Waals surface area contributed by atoms with Crippen molar-refractivity contribution in [3.63, 3.8) is 0 Å². The zero-order chi connectivity index (χ0) is 23.8. The molecule has 5 nitrogen and oxygen atoms in total. The number of anilines is 1. The van der Waals surface area contributed by atoms with E-state index < -0.39 is 23.5 Å². The molecule has 0 saturated carbocycles. The third-order valence-corrected chi connectivity index (χ3v) is 5.50. The molecule has 0 fully saturated rings. The van der Waals surface area contributed by atoms with Crippen LogP contribution in [-0.2, 0) is 17.8 Å². The Morgan fingerprint density at radius 1 is 1.16 bits per heavy atom. The van der Waals surface area contributed by atoms with E-state index in [9.17, 15) is 22.8 Å². The van der Waals surface area contributed by atoms with Crippen molar-refractivity contribution in [2.75, 3.05) is 5.32 Å². The van der Waals surface area contributed by atoms with Crippen LogP contribution in [0.15, 0.2) is 36.4 Å². The molecule has 0 unspecified atom stereocenters. The molecule has 0 bridgehead atoms. The SMILES string of the molecule is CC(C)Oc1c(Cl)cccc1C(=O)Nc1ccc2c(c1)CN(C(=O)C(F)(F)F)C(C)(C)C2. The highest BCUT2D eigenvalue weighted by molar-refractivity contribution is 6.32. The van der Waals surface area contributed by atoms with Crippen molar-refractivity contribution in [1.29, 1.82) is 0 Å². The lowest BCUT2D eigenvalue weighted by Crippen LogP contribution is -2.55. The average Bonchev–Trinajstić information content (AvgIpc) is 2.67. The van der Waals surface area contributed by atoms with E-state index in [4.69, 9.17) is 16.3 Å². The average molecular weight is 469 g/mol. The monoisotopic (exact) mass is 468 g/mol. The third-order valence-electron chi connectivity index (χ3n) is 5.20. The molecular weight excluding hydrogens is 445 g/mol. The van der Waals surface area contributed by atoms with Gasteiger partial charge in [-0.05, 0) is 69.5 Å². The summed E-state index contributed by atoms with van der Waals surface area (Å²) in [6.45, 7) is 6.62. The van der Waals surface area contributed by atoms with Crippen molar-refractivity contribution in [2.45, 2.75) is 58.5 Å². The van der Waals surface area contributed by atoms with Crippen LogP contribution in [0.3, 0.4) is 0 Å². The summed E-state index contributed by atoms with van der Waals surface area (Å²) in [4.78, 5) is 25.7. The molecule has 9 heteroatoms. The maximum absolute atomic E-state index is 13.1. The van der Waals surface area contributed by atoms with Gasteiger partial charge < -0.3 is 15.0 Å². The van der Waals surface area contributed by atoms with Crippen LogP contribution in [0.1, 0.15) is 49.2 Å². The number of halogens is 4. The highest BCUT2D eigenvalue weighted by Crippen LogP contribution is 2.36. The van der Waals surface area contributed by atoms with Gasteiger partial charge in [0.2, 0.25) is 0 Å². The second-order valence-electron chi connectivity index (χ2n) is 8.60. The number of carbonyl (C=O) groups excluding carboxylic acids is 2. The molecule has 1 aliphatic rings. The molecule has 0 atom stereocenters. The van der Waals surface area contributed by atoms with Gasteiger partial charge >= 0.3 is 12.1 Å². The minimum Gasteiger partial charge on any atom is -0.489 e. The number of nitrogens with zero attached hydrogens (tertiary/aromatic N) is 1. The first kappa shape index (κ1) is 23.9. The van der Waals surface area contributed by atoms with E-state index in [2.05, 4.69) is 5.32 Å². The fourth-order valence-electron chi connectivity index (χ4n) is 3.71. The Bertz CT molecular complexity index is 1050. The summed E-state index contributed by atoms with van der Waals surface area (Å²) in [7, 11) is 0. The highest BCUT2D eigenvalue weighted by atomic mass is 35.5. The van der Waals surface area contributed by atoms with Crippen LogP contribution >= 0.6 is 11.6 Å². The first-order chi connectivity index (χ1) is 14.8. The molecular formula is C23H24ClF3N2O3. The molecule has 0 saturated heterocycles. The van der Waals surface area contributed by atoms with Gasteiger partial charge in [-0.15, -0.1) is 0 Å². The molecule has 1 aliphatic heterocycles. The topological polar surface area (TPSA) is 58.6 Å². The van der Waals surface area contributed by atoms with E-state index in [0.29, 0.717) is 16.3 Å². The fraction of sp³-hybridized carbons (Fsp3) is 0.391. The van der Waals surface area contributed by atoms with E-state index in [1.807, 2.05) is 13.8 Å². The molecule has 0 spiro atoms. The Labute approximate surface area is 189 Å². The van der Waals surface area contributed by atoms with Crippen LogP contribution in [0.25, 0.3) is 0 Å². The number of para-hydroxylation sites is 1.